The largest absolute Gasteiger partial charge is 0.465 e. The van der Waals surface area contributed by atoms with Crippen molar-refractivity contribution in [2.75, 3.05) is 19.7 Å². The van der Waals surface area contributed by atoms with Crippen molar-refractivity contribution in [3.8, 4) is 0 Å². The normalized spacial score (nSPS) is 19.6. The maximum absolute atomic E-state index is 12.4. The number of nitrogens with one attached hydrogen (secondary N) is 2. The number of nitrogens with zero attached hydrogens (tertiary/aromatic N) is 2. The quantitative estimate of drug-likeness (QED) is 0.734. The summed E-state index contributed by atoms with van der Waals surface area (Å²) in [4.78, 5) is 32.0. The lowest BCUT2D eigenvalue weighted by atomic mass is 9.88. The lowest BCUT2D eigenvalue weighted by molar-refractivity contribution is -0.148. The van der Waals surface area contributed by atoms with Crippen LogP contribution in [0.3, 0.4) is 0 Å². The van der Waals surface area contributed by atoms with Gasteiger partial charge in [-0.3, -0.25) is 9.78 Å². The molecule has 1 aromatic rings. The summed E-state index contributed by atoms with van der Waals surface area (Å²) in [5, 5.41) is 6.37. The summed E-state index contributed by atoms with van der Waals surface area (Å²) in [6.07, 6.45) is 3.84. The fraction of sp³-hybridized carbons (Fsp3) is 0.550. The molecule has 1 saturated heterocycles. The molecule has 0 spiro atoms. The highest BCUT2D eigenvalue weighted by atomic mass is 32.2. The summed E-state index contributed by atoms with van der Waals surface area (Å²) in [5.41, 5.74) is 1.57. The molecule has 8 heteroatoms. The number of amides is 2. The van der Waals surface area contributed by atoms with Crippen LogP contribution >= 0.6 is 11.8 Å². The van der Waals surface area contributed by atoms with Crippen LogP contribution in [0.5, 0.6) is 0 Å². The van der Waals surface area contributed by atoms with Crippen LogP contribution in [0.25, 0.3) is 4.91 Å². The van der Waals surface area contributed by atoms with Gasteiger partial charge in [-0.15, -0.1) is 0 Å². The molecule has 2 amide bonds. The van der Waals surface area contributed by atoms with Crippen molar-refractivity contribution in [3.63, 3.8) is 0 Å². The van der Waals surface area contributed by atoms with E-state index in [4.69, 9.17) is 4.74 Å². The van der Waals surface area contributed by atoms with Crippen molar-refractivity contribution >= 4 is 28.7 Å². The number of carbonyl (C=O) groups is 2. The second-order valence-electron chi connectivity index (χ2n) is 7.52. The summed E-state index contributed by atoms with van der Waals surface area (Å²) in [5.74, 6) is -0.293. The molecular weight excluding hydrogens is 376 g/mol. The molecule has 2 N–H and O–H groups in total. The molecule has 2 aliphatic rings. The summed E-state index contributed by atoms with van der Waals surface area (Å²) >= 11 is 1.56. The molecule has 0 radical (unpaired) electrons. The minimum Gasteiger partial charge on any atom is -0.465 e. The monoisotopic (exact) mass is 404 g/mol. The van der Waals surface area contributed by atoms with Crippen molar-refractivity contribution in [3.05, 3.63) is 35.3 Å². The number of urea groups is 1. The van der Waals surface area contributed by atoms with Crippen LogP contribution in [0.15, 0.2) is 24.0 Å². The number of hydrogen-bond donors (Lipinski definition) is 2. The van der Waals surface area contributed by atoms with E-state index in [-0.39, 0.29) is 17.5 Å². The van der Waals surface area contributed by atoms with E-state index in [1.165, 1.54) is 0 Å². The number of ether oxygens (including phenoxy) is 1. The Bertz CT molecular complexity index is 787. The first-order valence-electron chi connectivity index (χ1n) is 9.66. The maximum Gasteiger partial charge on any atom is 0.319 e. The molecule has 1 aromatic heterocycles. The maximum atomic E-state index is 12.4. The van der Waals surface area contributed by atoms with E-state index in [0.29, 0.717) is 12.3 Å². The van der Waals surface area contributed by atoms with Gasteiger partial charge in [0.1, 0.15) is 5.41 Å². The Kier molecular flexibility index (Phi) is 6.17. The average Bonchev–Trinajstić information content (AvgIpc) is 3.32. The average molecular weight is 405 g/mol. The molecule has 0 aromatic carbocycles. The summed E-state index contributed by atoms with van der Waals surface area (Å²) in [6.45, 7) is 9.39. The number of allylic oxidation sites excluding steroid dienone is 1. The van der Waals surface area contributed by atoms with Crippen LogP contribution in [0.2, 0.25) is 0 Å². The van der Waals surface area contributed by atoms with Crippen LogP contribution in [-0.2, 0) is 14.9 Å². The van der Waals surface area contributed by atoms with E-state index in [1.54, 1.807) is 24.9 Å². The van der Waals surface area contributed by atoms with Crippen LogP contribution < -0.4 is 10.6 Å². The Hall–Kier alpha value is -2.22. The fourth-order valence-corrected chi connectivity index (χ4v) is 4.43. The zero-order valence-electron chi connectivity index (χ0n) is 16.9. The van der Waals surface area contributed by atoms with Gasteiger partial charge in [-0.05, 0) is 58.2 Å². The van der Waals surface area contributed by atoms with Crippen molar-refractivity contribution < 1.29 is 14.3 Å². The van der Waals surface area contributed by atoms with Gasteiger partial charge in [-0.25, -0.2) is 4.79 Å². The molecule has 0 aliphatic carbocycles. The standard InChI is InChI=1S/C20H28N4O3S/c1-5-27-17(25)20(3,4)15-12-14(8-9-21-15)16-13(2)22-18(28-16)23-19(26)24-10-6-7-11-24/h8-9,12,18,22H,5-7,10-11H2,1-4H3,(H,23,26). The molecule has 28 heavy (non-hydrogen) atoms. The second-order valence-corrected chi connectivity index (χ2v) is 8.63. The Morgan fingerprint density at radius 2 is 2.11 bits per heavy atom. The van der Waals surface area contributed by atoms with Crippen molar-refractivity contribution in [2.24, 2.45) is 0 Å². The predicted octanol–water partition coefficient (Wildman–Crippen LogP) is 3.04. The molecule has 1 atom stereocenters. The Labute approximate surface area is 170 Å². The highest BCUT2D eigenvalue weighted by molar-refractivity contribution is 8.09. The lowest BCUT2D eigenvalue weighted by Gasteiger charge is -2.22. The van der Waals surface area contributed by atoms with Gasteiger partial charge in [0.25, 0.3) is 0 Å². The van der Waals surface area contributed by atoms with Gasteiger partial charge in [0.05, 0.1) is 12.3 Å². The minimum atomic E-state index is -0.833. The first-order chi connectivity index (χ1) is 13.3. The van der Waals surface area contributed by atoms with Gasteiger partial charge < -0.3 is 20.3 Å². The fourth-order valence-electron chi connectivity index (χ4n) is 3.30. The summed E-state index contributed by atoms with van der Waals surface area (Å²) in [7, 11) is 0. The van der Waals surface area contributed by atoms with Crippen molar-refractivity contribution in [1.29, 1.82) is 0 Å². The number of hydrogen-bond acceptors (Lipinski definition) is 6. The molecule has 1 unspecified atom stereocenters. The van der Waals surface area contributed by atoms with Gasteiger partial charge in [-0.1, -0.05) is 11.8 Å². The van der Waals surface area contributed by atoms with Crippen LogP contribution in [-0.4, -0.2) is 47.1 Å². The highest BCUT2D eigenvalue weighted by Crippen LogP contribution is 2.38. The highest BCUT2D eigenvalue weighted by Gasteiger charge is 2.34. The lowest BCUT2D eigenvalue weighted by Crippen LogP contribution is -2.46. The number of aromatic nitrogens is 1. The summed E-state index contributed by atoms with van der Waals surface area (Å²) < 4.78 is 5.20. The third-order valence-corrected chi connectivity index (χ3v) is 6.27. The molecular formula is C20H28N4O3S. The van der Waals surface area contributed by atoms with Gasteiger partial charge >= 0.3 is 12.0 Å². The van der Waals surface area contributed by atoms with Crippen molar-refractivity contribution in [1.82, 2.24) is 20.5 Å². The van der Waals surface area contributed by atoms with Gasteiger partial charge in [0.2, 0.25) is 0 Å². The molecule has 7 nitrogen and oxygen atoms in total. The topological polar surface area (TPSA) is 83.6 Å². The smallest absolute Gasteiger partial charge is 0.319 e. The van der Waals surface area contributed by atoms with E-state index >= 15 is 0 Å². The van der Waals surface area contributed by atoms with Crippen LogP contribution in [0.4, 0.5) is 4.79 Å². The number of rotatable bonds is 5. The number of thioether (sulfide) groups is 1. The molecule has 152 valence electrons. The predicted molar refractivity (Wildman–Crippen MR) is 110 cm³/mol. The van der Waals surface area contributed by atoms with E-state index in [1.807, 2.05) is 37.8 Å². The number of likely N-dealkylation sites (tertiary alicyclic amines) is 1. The van der Waals surface area contributed by atoms with Gasteiger partial charge in [0.15, 0.2) is 5.50 Å². The SMILES string of the molecule is CCOC(=O)C(C)(C)c1cc(C2=C(C)NC(NC(=O)N3CCCC3)S2)ccn1. The number of carbonyl (C=O) groups excluding carboxylic acids is 2. The molecule has 0 bridgehead atoms. The van der Waals surface area contributed by atoms with Gasteiger partial charge in [0, 0.05) is 29.9 Å². The Balaban J connectivity index is 1.72. The van der Waals surface area contributed by atoms with Gasteiger partial charge in [-0.2, -0.15) is 0 Å². The molecule has 0 saturated carbocycles. The molecule has 3 heterocycles. The van der Waals surface area contributed by atoms with Crippen molar-refractivity contribution in [2.45, 2.75) is 51.4 Å². The third kappa shape index (κ3) is 4.27. The van der Waals surface area contributed by atoms with E-state index in [9.17, 15) is 9.59 Å². The van der Waals surface area contributed by atoms with E-state index in [0.717, 1.165) is 42.1 Å². The third-order valence-electron chi connectivity index (χ3n) is 5.02. The molecule has 2 aliphatic heterocycles. The first kappa shape index (κ1) is 20.5. The first-order valence-corrected chi connectivity index (χ1v) is 10.5. The number of pyridine rings is 1. The van der Waals surface area contributed by atoms with E-state index in [2.05, 4.69) is 15.6 Å². The zero-order valence-corrected chi connectivity index (χ0v) is 17.7. The van der Waals surface area contributed by atoms with E-state index < -0.39 is 5.41 Å². The number of esters is 1. The summed E-state index contributed by atoms with van der Waals surface area (Å²) in [6, 6.07) is 3.81. The Morgan fingerprint density at radius 3 is 2.79 bits per heavy atom. The second kappa shape index (κ2) is 8.43. The zero-order chi connectivity index (χ0) is 20.3. The van der Waals surface area contributed by atoms with Crippen LogP contribution in [0, 0.1) is 0 Å². The van der Waals surface area contributed by atoms with Crippen LogP contribution in [0.1, 0.15) is 51.8 Å². The molecule has 3 rings (SSSR count). The minimum absolute atomic E-state index is 0.0320. The Morgan fingerprint density at radius 1 is 1.39 bits per heavy atom. The molecule has 1 fully saturated rings.